The largest absolute Gasteiger partial charge is 0.468 e. The molecule has 0 spiro atoms. The average Bonchev–Trinajstić information content (AvgIpc) is 2.78. The van der Waals surface area contributed by atoms with Crippen LogP contribution in [0.2, 0.25) is 10.0 Å². The highest BCUT2D eigenvalue weighted by Gasteiger charge is 2.33. The van der Waals surface area contributed by atoms with Crippen LogP contribution in [0.15, 0.2) is 11.0 Å². The average molecular weight is 347 g/mol. The molecule has 0 fully saturated rings. The molecule has 0 radical (unpaired) electrons. The molecule has 3 nitrogen and oxygen atoms in total. The van der Waals surface area contributed by atoms with Gasteiger partial charge in [-0.1, -0.05) is 36.5 Å². The molecule has 1 aromatic carbocycles. The first-order chi connectivity index (χ1) is 9.99. The molecule has 1 aliphatic rings. The number of esters is 1. The number of carbonyl (C=O) groups is 2. The molecule has 0 N–H and O–H groups in total. The third-order valence-electron chi connectivity index (χ3n) is 3.55. The van der Waals surface area contributed by atoms with Crippen molar-refractivity contribution in [2.24, 2.45) is 5.92 Å². The number of methoxy groups -OCH3 is 1. The zero-order chi connectivity index (χ0) is 15.6. The standard InChI is InChI=1S/C15H16Cl2O3S/c1-3-4-8-5-9-6-10(21-7-11(18)20-2)13(16)14(17)12(9)15(8)19/h6,8H,3-5,7H2,1-2H3. The summed E-state index contributed by atoms with van der Waals surface area (Å²) in [6.07, 6.45) is 2.51. The summed E-state index contributed by atoms with van der Waals surface area (Å²) in [6, 6.07) is 1.88. The summed E-state index contributed by atoms with van der Waals surface area (Å²) in [6.45, 7) is 2.06. The quantitative estimate of drug-likeness (QED) is 0.584. The predicted molar refractivity (Wildman–Crippen MR) is 85.6 cm³/mol. The molecular weight excluding hydrogens is 331 g/mol. The Labute approximate surface area is 138 Å². The Bertz CT molecular complexity index is 587. The van der Waals surface area contributed by atoms with Crippen LogP contribution in [0.3, 0.4) is 0 Å². The Hall–Kier alpha value is -0.710. The van der Waals surface area contributed by atoms with Crippen molar-refractivity contribution in [1.29, 1.82) is 0 Å². The zero-order valence-corrected chi connectivity index (χ0v) is 14.2. The molecule has 0 aromatic heterocycles. The van der Waals surface area contributed by atoms with E-state index < -0.39 is 0 Å². The van der Waals surface area contributed by atoms with E-state index >= 15 is 0 Å². The van der Waals surface area contributed by atoms with Gasteiger partial charge in [-0.15, -0.1) is 11.8 Å². The van der Waals surface area contributed by atoms with Crippen molar-refractivity contribution in [1.82, 2.24) is 0 Å². The first kappa shape index (κ1) is 16.7. The number of hydrogen-bond donors (Lipinski definition) is 0. The van der Waals surface area contributed by atoms with Crippen LogP contribution < -0.4 is 0 Å². The number of ether oxygens (including phenoxy) is 1. The number of benzene rings is 1. The lowest BCUT2D eigenvalue weighted by Crippen LogP contribution is -2.08. The molecule has 0 heterocycles. The molecule has 2 rings (SSSR count). The van der Waals surface area contributed by atoms with Gasteiger partial charge >= 0.3 is 5.97 Å². The molecule has 1 atom stereocenters. The van der Waals surface area contributed by atoms with E-state index in [4.69, 9.17) is 23.2 Å². The Morgan fingerprint density at radius 3 is 2.76 bits per heavy atom. The number of carbonyl (C=O) groups excluding carboxylic acids is 2. The Morgan fingerprint density at radius 1 is 1.43 bits per heavy atom. The van der Waals surface area contributed by atoms with Crippen LogP contribution in [-0.4, -0.2) is 24.6 Å². The number of rotatable bonds is 5. The molecule has 0 bridgehead atoms. The van der Waals surface area contributed by atoms with E-state index in [1.165, 1.54) is 18.9 Å². The summed E-state index contributed by atoms with van der Waals surface area (Å²) < 4.78 is 4.61. The van der Waals surface area contributed by atoms with Gasteiger partial charge in [0.15, 0.2) is 5.78 Å². The highest BCUT2D eigenvalue weighted by atomic mass is 35.5. The number of hydrogen-bond acceptors (Lipinski definition) is 4. The van der Waals surface area contributed by atoms with Gasteiger partial charge in [-0.3, -0.25) is 9.59 Å². The Kier molecular flexibility index (Phi) is 5.58. The van der Waals surface area contributed by atoms with E-state index in [0.29, 0.717) is 22.0 Å². The second-order valence-electron chi connectivity index (χ2n) is 4.96. The molecule has 0 saturated heterocycles. The van der Waals surface area contributed by atoms with Crippen LogP contribution in [0.25, 0.3) is 0 Å². The molecule has 1 aliphatic carbocycles. The molecule has 0 aliphatic heterocycles. The second kappa shape index (κ2) is 7.03. The summed E-state index contributed by atoms with van der Waals surface area (Å²) in [5.74, 6) is -0.0761. The van der Waals surface area contributed by atoms with Crippen molar-refractivity contribution >= 4 is 46.7 Å². The van der Waals surface area contributed by atoms with E-state index in [2.05, 4.69) is 11.7 Å². The van der Waals surface area contributed by atoms with Crippen molar-refractivity contribution < 1.29 is 14.3 Å². The van der Waals surface area contributed by atoms with E-state index in [1.54, 1.807) is 0 Å². The maximum absolute atomic E-state index is 12.4. The van der Waals surface area contributed by atoms with Crippen molar-refractivity contribution in [3.8, 4) is 0 Å². The third kappa shape index (κ3) is 3.38. The lowest BCUT2D eigenvalue weighted by Gasteiger charge is -2.09. The Balaban J connectivity index is 2.29. The lowest BCUT2D eigenvalue weighted by atomic mass is 10.00. The highest BCUT2D eigenvalue weighted by molar-refractivity contribution is 8.00. The summed E-state index contributed by atoms with van der Waals surface area (Å²) in [5.41, 5.74) is 1.49. The maximum Gasteiger partial charge on any atom is 0.315 e. The topological polar surface area (TPSA) is 43.4 Å². The van der Waals surface area contributed by atoms with Crippen LogP contribution in [0.4, 0.5) is 0 Å². The zero-order valence-electron chi connectivity index (χ0n) is 11.9. The minimum absolute atomic E-state index is 0.000534. The van der Waals surface area contributed by atoms with Crippen LogP contribution in [0.5, 0.6) is 0 Å². The van der Waals surface area contributed by atoms with Gasteiger partial charge in [0, 0.05) is 16.4 Å². The minimum Gasteiger partial charge on any atom is -0.468 e. The molecule has 21 heavy (non-hydrogen) atoms. The van der Waals surface area contributed by atoms with Crippen LogP contribution in [-0.2, 0) is 16.0 Å². The maximum atomic E-state index is 12.4. The van der Waals surface area contributed by atoms with E-state index in [0.717, 1.165) is 23.3 Å². The van der Waals surface area contributed by atoms with Crippen molar-refractivity contribution in [3.63, 3.8) is 0 Å². The van der Waals surface area contributed by atoms with Gasteiger partial charge in [0.05, 0.1) is 22.9 Å². The van der Waals surface area contributed by atoms with Gasteiger partial charge in [-0.2, -0.15) is 0 Å². The number of fused-ring (bicyclic) bond motifs is 1. The molecule has 0 amide bonds. The van der Waals surface area contributed by atoms with E-state index in [-0.39, 0.29) is 23.4 Å². The van der Waals surface area contributed by atoms with Crippen molar-refractivity contribution in [3.05, 3.63) is 27.2 Å². The molecule has 1 unspecified atom stereocenters. The molecule has 0 saturated carbocycles. The minimum atomic E-state index is -0.326. The van der Waals surface area contributed by atoms with Gasteiger partial charge in [0.2, 0.25) is 0 Å². The van der Waals surface area contributed by atoms with Crippen molar-refractivity contribution in [2.45, 2.75) is 31.1 Å². The van der Waals surface area contributed by atoms with Crippen LogP contribution in [0.1, 0.15) is 35.7 Å². The first-order valence-corrected chi connectivity index (χ1v) is 8.48. The van der Waals surface area contributed by atoms with Crippen molar-refractivity contribution in [2.75, 3.05) is 12.9 Å². The summed E-state index contributed by atoms with van der Waals surface area (Å²) in [4.78, 5) is 24.3. The molecule has 6 heteroatoms. The normalized spacial score (nSPS) is 17.0. The summed E-state index contributed by atoms with van der Waals surface area (Å²) >= 11 is 13.8. The highest BCUT2D eigenvalue weighted by Crippen LogP contribution is 2.43. The predicted octanol–water partition coefficient (Wildman–Crippen LogP) is 4.41. The summed E-state index contributed by atoms with van der Waals surface area (Å²) in [7, 11) is 1.34. The first-order valence-electron chi connectivity index (χ1n) is 6.74. The number of Topliss-reactive ketones (excluding diaryl/α,β-unsaturated/α-hetero) is 1. The SMILES string of the molecule is CCCC1Cc2cc(SCC(=O)OC)c(Cl)c(Cl)c2C1=O. The van der Waals surface area contributed by atoms with E-state index in [9.17, 15) is 9.59 Å². The number of ketones is 1. The van der Waals surface area contributed by atoms with Gasteiger partial charge in [0.25, 0.3) is 0 Å². The van der Waals surface area contributed by atoms with Gasteiger partial charge in [-0.25, -0.2) is 0 Å². The summed E-state index contributed by atoms with van der Waals surface area (Å²) in [5, 5.41) is 0.653. The molecular formula is C15H16Cl2O3S. The fourth-order valence-corrected chi connectivity index (χ4v) is 4.06. The third-order valence-corrected chi connectivity index (χ3v) is 5.54. The monoisotopic (exact) mass is 346 g/mol. The van der Waals surface area contributed by atoms with Gasteiger partial charge in [-0.05, 0) is 24.5 Å². The van der Waals surface area contributed by atoms with E-state index in [1.807, 2.05) is 6.07 Å². The molecule has 114 valence electrons. The second-order valence-corrected chi connectivity index (χ2v) is 6.73. The van der Waals surface area contributed by atoms with Crippen LogP contribution >= 0.6 is 35.0 Å². The Morgan fingerprint density at radius 2 is 2.14 bits per heavy atom. The lowest BCUT2D eigenvalue weighted by molar-refractivity contribution is -0.137. The number of thioether (sulfide) groups is 1. The smallest absolute Gasteiger partial charge is 0.315 e. The van der Waals surface area contributed by atoms with Gasteiger partial charge < -0.3 is 4.74 Å². The van der Waals surface area contributed by atoms with Crippen LogP contribution in [0, 0.1) is 5.92 Å². The fourth-order valence-electron chi connectivity index (χ4n) is 2.52. The van der Waals surface area contributed by atoms with Gasteiger partial charge in [0.1, 0.15) is 0 Å². The molecule has 1 aromatic rings. The fraction of sp³-hybridized carbons (Fsp3) is 0.467. The number of halogens is 2.